The number of piperidine rings is 1. The van der Waals surface area contributed by atoms with Crippen molar-refractivity contribution in [3.8, 4) is 11.3 Å². The third kappa shape index (κ3) is 3.58. The molecule has 0 aliphatic carbocycles. The van der Waals surface area contributed by atoms with Gasteiger partial charge < -0.3 is 10.0 Å². The zero-order valence-electron chi connectivity index (χ0n) is 15.1. The smallest absolute Gasteiger partial charge is 0.306 e. The third-order valence-electron chi connectivity index (χ3n) is 5.22. The van der Waals surface area contributed by atoms with Gasteiger partial charge in [-0.2, -0.15) is 0 Å². The number of amides is 1. The number of carboxylic acids is 1. The van der Waals surface area contributed by atoms with Crippen LogP contribution in [0.1, 0.15) is 23.2 Å². The van der Waals surface area contributed by atoms with Gasteiger partial charge in [-0.05, 0) is 37.1 Å². The van der Waals surface area contributed by atoms with Gasteiger partial charge in [0.2, 0.25) is 0 Å². The molecule has 1 aliphatic heterocycles. The van der Waals surface area contributed by atoms with Gasteiger partial charge in [0.25, 0.3) is 5.91 Å². The molecule has 0 bridgehead atoms. The van der Waals surface area contributed by atoms with E-state index in [4.69, 9.17) is 16.6 Å². The van der Waals surface area contributed by atoms with Crippen LogP contribution in [0.5, 0.6) is 0 Å². The second kappa shape index (κ2) is 7.60. The quantitative estimate of drug-likeness (QED) is 0.710. The molecule has 0 saturated carbocycles. The van der Waals surface area contributed by atoms with E-state index in [0.717, 1.165) is 16.5 Å². The van der Waals surface area contributed by atoms with Crippen LogP contribution < -0.4 is 0 Å². The number of fused-ring (bicyclic) bond motifs is 1. The van der Waals surface area contributed by atoms with Gasteiger partial charge in [-0.25, -0.2) is 4.98 Å². The van der Waals surface area contributed by atoms with Crippen molar-refractivity contribution in [1.82, 2.24) is 9.88 Å². The maximum atomic E-state index is 13.3. The molecule has 1 N–H and O–H groups in total. The van der Waals surface area contributed by atoms with E-state index in [0.29, 0.717) is 42.2 Å². The lowest BCUT2D eigenvalue weighted by Crippen LogP contribution is -2.40. The SMILES string of the molecule is O=C(O)C1CCN(C(=O)c2cc(-c3ccc(Cl)cc3)nc3ccccc23)CC1. The number of hydrogen-bond donors (Lipinski definition) is 1. The maximum absolute atomic E-state index is 13.3. The highest BCUT2D eigenvalue weighted by atomic mass is 35.5. The van der Waals surface area contributed by atoms with E-state index >= 15 is 0 Å². The summed E-state index contributed by atoms with van der Waals surface area (Å²) in [4.78, 5) is 30.9. The molecular formula is C22H19ClN2O3. The Bertz CT molecular complexity index is 1040. The van der Waals surface area contributed by atoms with Crippen LogP contribution >= 0.6 is 11.6 Å². The Labute approximate surface area is 167 Å². The molecule has 142 valence electrons. The molecule has 1 amide bonds. The summed E-state index contributed by atoms with van der Waals surface area (Å²) in [5.74, 6) is -1.24. The van der Waals surface area contributed by atoms with Crippen LogP contribution in [-0.2, 0) is 4.79 Å². The van der Waals surface area contributed by atoms with Crippen molar-refractivity contribution in [2.24, 2.45) is 5.92 Å². The molecule has 0 unspecified atom stereocenters. The van der Waals surface area contributed by atoms with Gasteiger partial charge in [0.05, 0.1) is 22.7 Å². The summed E-state index contributed by atoms with van der Waals surface area (Å²) in [7, 11) is 0. The Balaban J connectivity index is 1.72. The first-order valence-corrected chi connectivity index (χ1v) is 9.58. The Kier molecular flexibility index (Phi) is 5.01. The molecule has 28 heavy (non-hydrogen) atoms. The van der Waals surface area contributed by atoms with Gasteiger partial charge in [0, 0.05) is 29.1 Å². The van der Waals surface area contributed by atoms with Crippen LogP contribution in [-0.4, -0.2) is 40.0 Å². The monoisotopic (exact) mass is 394 g/mol. The fourth-order valence-electron chi connectivity index (χ4n) is 3.62. The summed E-state index contributed by atoms with van der Waals surface area (Å²) < 4.78 is 0. The number of carbonyl (C=O) groups excluding carboxylic acids is 1. The van der Waals surface area contributed by atoms with Crippen molar-refractivity contribution in [2.75, 3.05) is 13.1 Å². The van der Waals surface area contributed by atoms with Crippen LogP contribution in [0.25, 0.3) is 22.2 Å². The molecule has 4 rings (SSSR count). The van der Waals surface area contributed by atoms with Gasteiger partial charge in [0.15, 0.2) is 0 Å². The van der Waals surface area contributed by atoms with E-state index in [1.54, 1.807) is 17.0 Å². The lowest BCUT2D eigenvalue weighted by Gasteiger charge is -2.30. The molecule has 1 fully saturated rings. The van der Waals surface area contributed by atoms with Crippen molar-refractivity contribution < 1.29 is 14.7 Å². The van der Waals surface area contributed by atoms with Crippen LogP contribution in [0, 0.1) is 5.92 Å². The number of nitrogens with zero attached hydrogens (tertiary/aromatic N) is 2. The number of hydrogen-bond acceptors (Lipinski definition) is 3. The predicted molar refractivity (Wildman–Crippen MR) is 108 cm³/mol. The Morgan fingerprint density at radius 1 is 1.04 bits per heavy atom. The number of aromatic nitrogens is 1. The van der Waals surface area contributed by atoms with E-state index in [-0.39, 0.29) is 11.8 Å². The fraction of sp³-hybridized carbons (Fsp3) is 0.227. The molecule has 5 nitrogen and oxygen atoms in total. The van der Waals surface area contributed by atoms with Crippen molar-refractivity contribution >= 4 is 34.4 Å². The van der Waals surface area contributed by atoms with E-state index in [1.807, 2.05) is 42.5 Å². The minimum Gasteiger partial charge on any atom is -0.481 e. The third-order valence-corrected chi connectivity index (χ3v) is 5.47. The summed E-state index contributed by atoms with van der Waals surface area (Å²) in [6.45, 7) is 0.894. The van der Waals surface area contributed by atoms with Gasteiger partial charge in [-0.3, -0.25) is 9.59 Å². The van der Waals surface area contributed by atoms with Crippen molar-refractivity contribution in [2.45, 2.75) is 12.8 Å². The number of halogens is 1. The number of pyridine rings is 1. The average molecular weight is 395 g/mol. The summed E-state index contributed by atoms with van der Waals surface area (Å²) in [6.07, 6.45) is 0.961. The van der Waals surface area contributed by atoms with E-state index < -0.39 is 5.97 Å². The Hall–Kier alpha value is -2.92. The summed E-state index contributed by atoms with van der Waals surface area (Å²) in [6, 6.07) is 16.7. The first kappa shape index (κ1) is 18.4. The minimum atomic E-state index is -0.786. The maximum Gasteiger partial charge on any atom is 0.306 e. The number of carbonyl (C=O) groups is 2. The highest BCUT2D eigenvalue weighted by Gasteiger charge is 2.28. The molecule has 1 aromatic heterocycles. The van der Waals surface area contributed by atoms with Crippen LogP contribution in [0.3, 0.4) is 0 Å². The molecule has 2 heterocycles. The number of benzene rings is 2. The molecule has 0 radical (unpaired) electrons. The standard InChI is InChI=1S/C22H19ClN2O3/c23-16-7-5-14(6-8-16)20-13-18(17-3-1-2-4-19(17)24-20)21(26)25-11-9-15(10-12-25)22(27)28/h1-8,13,15H,9-12H2,(H,27,28). The number of para-hydroxylation sites is 1. The second-order valence-electron chi connectivity index (χ2n) is 6.98. The molecular weight excluding hydrogens is 376 g/mol. The van der Waals surface area contributed by atoms with Gasteiger partial charge in [0.1, 0.15) is 0 Å². The normalized spacial score (nSPS) is 15.0. The predicted octanol–water partition coefficient (Wildman–Crippen LogP) is 4.49. The lowest BCUT2D eigenvalue weighted by molar-refractivity contribution is -0.143. The minimum absolute atomic E-state index is 0.0855. The van der Waals surface area contributed by atoms with Gasteiger partial charge in [-0.15, -0.1) is 0 Å². The molecule has 2 aromatic carbocycles. The number of aliphatic carboxylic acids is 1. The molecule has 1 aliphatic rings. The molecule has 6 heteroatoms. The van der Waals surface area contributed by atoms with Gasteiger partial charge >= 0.3 is 5.97 Å². The lowest BCUT2D eigenvalue weighted by atomic mass is 9.96. The summed E-state index contributed by atoms with van der Waals surface area (Å²) in [5, 5.41) is 10.6. The van der Waals surface area contributed by atoms with Crippen molar-refractivity contribution in [3.63, 3.8) is 0 Å². The number of carboxylic acid groups (broad SMARTS) is 1. The van der Waals surface area contributed by atoms with Gasteiger partial charge in [-0.1, -0.05) is 41.9 Å². The van der Waals surface area contributed by atoms with Crippen LogP contribution in [0.4, 0.5) is 0 Å². The molecule has 3 aromatic rings. The Morgan fingerprint density at radius 2 is 1.71 bits per heavy atom. The van der Waals surface area contributed by atoms with Crippen molar-refractivity contribution in [1.29, 1.82) is 0 Å². The van der Waals surface area contributed by atoms with Crippen LogP contribution in [0.2, 0.25) is 5.02 Å². The molecule has 1 saturated heterocycles. The highest BCUT2D eigenvalue weighted by Crippen LogP contribution is 2.28. The average Bonchev–Trinajstić information content (AvgIpc) is 2.73. The number of likely N-dealkylation sites (tertiary alicyclic amines) is 1. The second-order valence-corrected chi connectivity index (χ2v) is 7.42. The summed E-state index contributed by atoms with van der Waals surface area (Å²) >= 11 is 5.99. The van der Waals surface area contributed by atoms with E-state index in [9.17, 15) is 14.7 Å². The highest BCUT2D eigenvalue weighted by molar-refractivity contribution is 6.30. The van der Waals surface area contributed by atoms with Crippen LogP contribution in [0.15, 0.2) is 54.6 Å². The fourth-order valence-corrected chi connectivity index (χ4v) is 3.75. The molecule has 0 atom stereocenters. The van der Waals surface area contributed by atoms with Crippen molar-refractivity contribution in [3.05, 3.63) is 65.2 Å². The zero-order chi connectivity index (χ0) is 19.7. The topological polar surface area (TPSA) is 70.5 Å². The zero-order valence-corrected chi connectivity index (χ0v) is 15.9. The number of rotatable bonds is 3. The largest absolute Gasteiger partial charge is 0.481 e. The van der Waals surface area contributed by atoms with E-state index in [2.05, 4.69) is 0 Å². The first-order chi connectivity index (χ1) is 13.5. The first-order valence-electron chi connectivity index (χ1n) is 9.21. The molecule has 0 spiro atoms. The van der Waals surface area contributed by atoms with E-state index in [1.165, 1.54) is 0 Å². The summed E-state index contributed by atoms with van der Waals surface area (Å²) in [5.41, 5.74) is 2.93. The Morgan fingerprint density at radius 3 is 2.39 bits per heavy atom.